The average molecular weight is 239 g/mol. The number of rotatable bonds is 2. The van der Waals surface area contributed by atoms with Gasteiger partial charge in [0, 0.05) is 18.9 Å². The molecule has 88 valence electrons. The van der Waals surface area contributed by atoms with Crippen LogP contribution in [0.3, 0.4) is 0 Å². The maximum atomic E-state index is 11.5. The predicted octanol–water partition coefficient (Wildman–Crippen LogP) is 1.87. The molecule has 0 saturated heterocycles. The third kappa shape index (κ3) is 2.40. The summed E-state index contributed by atoms with van der Waals surface area (Å²) in [4.78, 5) is 15.9. The van der Waals surface area contributed by atoms with Crippen LogP contribution in [0.4, 0.5) is 0 Å². The Balaban J connectivity index is 1.92. The SMILES string of the molecule is CNC(=O)C1CCC(c2nsc(C)n2)CC1. The summed E-state index contributed by atoms with van der Waals surface area (Å²) in [7, 11) is 1.71. The van der Waals surface area contributed by atoms with Gasteiger partial charge in [-0.2, -0.15) is 4.37 Å². The van der Waals surface area contributed by atoms with Gasteiger partial charge in [0.05, 0.1) is 0 Å². The fourth-order valence-electron chi connectivity index (χ4n) is 2.30. The molecule has 1 fully saturated rings. The van der Waals surface area contributed by atoms with E-state index in [0.29, 0.717) is 5.92 Å². The first-order valence-corrected chi connectivity index (χ1v) is 6.50. The van der Waals surface area contributed by atoms with Gasteiger partial charge in [0.25, 0.3) is 0 Å². The molecule has 0 aromatic carbocycles. The molecule has 5 heteroatoms. The van der Waals surface area contributed by atoms with Crippen molar-refractivity contribution in [2.45, 2.75) is 38.5 Å². The van der Waals surface area contributed by atoms with Crippen LogP contribution in [0.1, 0.15) is 42.4 Å². The van der Waals surface area contributed by atoms with Crippen molar-refractivity contribution in [2.75, 3.05) is 7.05 Å². The highest BCUT2D eigenvalue weighted by Gasteiger charge is 2.28. The molecule has 1 heterocycles. The Hall–Kier alpha value is -0.970. The van der Waals surface area contributed by atoms with Crippen LogP contribution >= 0.6 is 11.5 Å². The molecule has 0 bridgehead atoms. The second-order valence-electron chi connectivity index (χ2n) is 4.33. The lowest BCUT2D eigenvalue weighted by atomic mass is 9.81. The average Bonchev–Trinajstić information content (AvgIpc) is 2.75. The molecule has 4 nitrogen and oxygen atoms in total. The third-order valence-corrected chi connectivity index (χ3v) is 3.89. The van der Waals surface area contributed by atoms with Crippen LogP contribution in [0.5, 0.6) is 0 Å². The number of hydrogen-bond donors (Lipinski definition) is 1. The highest BCUT2D eigenvalue weighted by molar-refractivity contribution is 7.05. The Labute approximate surface area is 99.6 Å². The van der Waals surface area contributed by atoms with Crippen molar-refractivity contribution < 1.29 is 4.79 Å². The van der Waals surface area contributed by atoms with Gasteiger partial charge in [0.15, 0.2) is 0 Å². The molecule has 0 aliphatic heterocycles. The van der Waals surface area contributed by atoms with Gasteiger partial charge < -0.3 is 5.32 Å². The van der Waals surface area contributed by atoms with E-state index >= 15 is 0 Å². The van der Waals surface area contributed by atoms with E-state index in [2.05, 4.69) is 14.7 Å². The molecule has 1 aliphatic carbocycles. The minimum atomic E-state index is 0.181. The smallest absolute Gasteiger partial charge is 0.222 e. The number of nitrogens with zero attached hydrogens (tertiary/aromatic N) is 2. The van der Waals surface area contributed by atoms with E-state index in [1.54, 1.807) is 7.05 Å². The normalized spacial score (nSPS) is 25.4. The molecule has 1 amide bonds. The van der Waals surface area contributed by atoms with Crippen LogP contribution in [0.15, 0.2) is 0 Å². The molecule has 1 N–H and O–H groups in total. The highest BCUT2D eigenvalue weighted by Crippen LogP contribution is 2.34. The summed E-state index contributed by atoms with van der Waals surface area (Å²) in [6.07, 6.45) is 3.99. The summed E-state index contributed by atoms with van der Waals surface area (Å²) >= 11 is 1.47. The number of carbonyl (C=O) groups excluding carboxylic acids is 1. The molecular formula is C11H17N3OS. The van der Waals surface area contributed by atoms with E-state index in [0.717, 1.165) is 36.5 Å². The van der Waals surface area contributed by atoms with Crippen molar-refractivity contribution in [3.8, 4) is 0 Å². The van der Waals surface area contributed by atoms with Gasteiger partial charge in [-0.15, -0.1) is 0 Å². The van der Waals surface area contributed by atoms with Crippen molar-refractivity contribution in [2.24, 2.45) is 5.92 Å². The maximum Gasteiger partial charge on any atom is 0.222 e. The molecule has 1 aliphatic rings. The highest BCUT2D eigenvalue weighted by atomic mass is 32.1. The molecule has 1 aromatic heterocycles. The largest absolute Gasteiger partial charge is 0.359 e. The van der Waals surface area contributed by atoms with Crippen molar-refractivity contribution in [1.29, 1.82) is 0 Å². The molecule has 1 saturated carbocycles. The number of aryl methyl sites for hydroxylation is 1. The lowest BCUT2D eigenvalue weighted by Crippen LogP contribution is -2.30. The second kappa shape index (κ2) is 4.91. The van der Waals surface area contributed by atoms with Gasteiger partial charge in [0.2, 0.25) is 5.91 Å². The van der Waals surface area contributed by atoms with Gasteiger partial charge in [-0.05, 0) is 44.1 Å². The Kier molecular flexibility index (Phi) is 3.53. The molecule has 0 unspecified atom stereocenters. The summed E-state index contributed by atoms with van der Waals surface area (Å²) in [5, 5.41) is 3.76. The molecule has 1 aromatic rings. The first-order chi connectivity index (χ1) is 7.70. The van der Waals surface area contributed by atoms with E-state index in [9.17, 15) is 4.79 Å². The summed E-state index contributed by atoms with van der Waals surface area (Å²) in [5.74, 6) is 1.82. The molecule has 0 spiro atoms. The molecule has 0 atom stereocenters. The van der Waals surface area contributed by atoms with E-state index in [1.165, 1.54) is 11.5 Å². The summed E-state index contributed by atoms with van der Waals surface area (Å²) < 4.78 is 4.36. The Morgan fingerprint density at radius 2 is 2.06 bits per heavy atom. The fraction of sp³-hybridized carbons (Fsp3) is 0.727. The number of amides is 1. The Morgan fingerprint density at radius 3 is 2.56 bits per heavy atom. The van der Waals surface area contributed by atoms with Crippen LogP contribution in [-0.2, 0) is 4.79 Å². The number of carbonyl (C=O) groups is 1. The number of aromatic nitrogens is 2. The number of hydrogen-bond acceptors (Lipinski definition) is 4. The van der Waals surface area contributed by atoms with Gasteiger partial charge >= 0.3 is 0 Å². The zero-order valence-corrected chi connectivity index (χ0v) is 10.5. The Bertz CT molecular complexity index is 369. The summed E-state index contributed by atoms with van der Waals surface area (Å²) in [6.45, 7) is 1.98. The van der Waals surface area contributed by atoms with Gasteiger partial charge in [0.1, 0.15) is 10.8 Å². The minimum absolute atomic E-state index is 0.181. The third-order valence-electron chi connectivity index (χ3n) is 3.25. The van der Waals surface area contributed by atoms with Gasteiger partial charge in [-0.3, -0.25) is 4.79 Å². The Morgan fingerprint density at radius 1 is 1.38 bits per heavy atom. The van der Waals surface area contributed by atoms with E-state index < -0.39 is 0 Å². The molecule has 2 rings (SSSR count). The molecule has 16 heavy (non-hydrogen) atoms. The summed E-state index contributed by atoms with van der Waals surface area (Å²) in [5.41, 5.74) is 0. The van der Waals surface area contributed by atoms with Gasteiger partial charge in [-0.25, -0.2) is 4.98 Å². The molecular weight excluding hydrogens is 222 g/mol. The lowest BCUT2D eigenvalue weighted by molar-refractivity contribution is -0.125. The van der Waals surface area contributed by atoms with E-state index in [1.807, 2.05) is 6.92 Å². The van der Waals surface area contributed by atoms with E-state index in [-0.39, 0.29) is 11.8 Å². The first kappa shape index (κ1) is 11.5. The van der Waals surface area contributed by atoms with Crippen LogP contribution in [0, 0.1) is 12.8 Å². The number of nitrogens with one attached hydrogen (secondary N) is 1. The predicted molar refractivity (Wildman–Crippen MR) is 63.4 cm³/mol. The minimum Gasteiger partial charge on any atom is -0.359 e. The monoisotopic (exact) mass is 239 g/mol. The van der Waals surface area contributed by atoms with Crippen molar-refractivity contribution >= 4 is 17.4 Å². The second-order valence-corrected chi connectivity index (χ2v) is 5.29. The quantitative estimate of drug-likeness (QED) is 0.857. The zero-order chi connectivity index (χ0) is 11.5. The lowest BCUT2D eigenvalue weighted by Gasteiger charge is -2.25. The first-order valence-electron chi connectivity index (χ1n) is 5.72. The van der Waals surface area contributed by atoms with Crippen LogP contribution < -0.4 is 5.32 Å². The van der Waals surface area contributed by atoms with Crippen LogP contribution in [-0.4, -0.2) is 22.3 Å². The van der Waals surface area contributed by atoms with Crippen molar-refractivity contribution in [1.82, 2.24) is 14.7 Å². The zero-order valence-electron chi connectivity index (χ0n) is 9.69. The maximum absolute atomic E-state index is 11.5. The van der Waals surface area contributed by atoms with Crippen LogP contribution in [0.2, 0.25) is 0 Å². The fourth-order valence-corrected chi connectivity index (χ4v) is 2.85. The summed E-state index contributed by atoms with van der Waals surface area (Å²) in [6, 6.07) is 0. The van der Waals surface area contributed by atoms with Crippen LogP contribution in [0.25, 0.3) is 0 Å². The van der Waals surface area contributed by atoms with Crippen molar-refractivity contribution in [3.05, 3.63) is 10.8 Å². The van der Waals surface area contributed by atoms with Gasteiger partial charge in [-0.1, -0.05) is 0 Å². The van der Waals surface area contributed by atoms with Crippen molar-refractivity contribution in [3.63, 3.8) is 0 Å². The van der Waals surface area contributed by atoms with E-state index in [4.69, 9.17) is 0 Å². The standard InChI is InChI=1S/C11H17N3OS/c1-7-13-10(14-16-7)8-3-5-9(6-4-8)11(15)12-2/h8-9H,3-6H2,1-2H3,(H,12,15). The molecule has 0 radical (unpaired) electrons. The topological polar surface area (TPSA) is 54.9 Å².